The Bertz CT molecular complexity index is 441. The molecular weight excluding hydrogens is 278 g/mol. The number of rotatable bonds is 4. The Hall–Kier alpha value is -0.750. The van der Waals surface area contributed by atoms with E-state index < -0.39 is 0 Å². The molecule has 0 aliphatic carbocycles. The molecule has 0 spiro atoms. The molecule has 0 saturated carbocycles. The van der Waals surface area contributed by atoms with E-state index in [1.165, 1.54) is 18.6 Å². The molecule has 2 heterocycles. The number of aromatic nitrogens is 1. The number of hydrogen-bond donors (Lipinski definition) is 2. The van der Waals surface area contributed by atoms with Crippen LogP contribution in [0.15, 0.2) is 5.38 Å². The van der Waals surface area contributed by atoms with E-state index in [0.29, 0.717) is 0 Å². The van der Waals surface area contributed by atoms with Gasteiger partial charge >= 0.3 is 6.03 Å². The summed E-state index contributed by atoms with van der Waals surface area (Å²) in [6.45, 7) is 6.88. The first-order valence-electron chi connectivity index (χ1n) is 6.59. The Balaban J connectivity index is 1.78. The fourth-order valence-corrected chi connectivity index (χ4v) is 4.17. The maximum Gasteiger partial charge on any atom is 0.315 e. The summed E-state index contributed by atoms with van der Waals surface area (Å²) >= 11 is 3.54. The molecule has 1 saturated heterocycles. The monoisotopic (exact) mass is 299 g/mol. The minimum absolute atomic E-state index is 0.0391. The lowest BCUT2D eigenvalue weighted by molar-refractivity contribution is 0.237. The predicted octanol–water partition coefficient (Wildman–Crippen LogP) is 3.10. The van der Waals surface area contributed by atoms with Crippen LogP contribution in [0.25, 0.3) is 0 Å². The number of hydrogen-bond acceptors (Lipinski definition) is 4. The molecule has 2 rings (SSSR count). The van der Waals surface area contributed by atoms with Gasteiger partial charge in [0.2, 0.25) is 0 Å². The highest BCUT2D eigenvalue weighted by atomic mass is 32.2. The van der Waals surface area contributed by atoms with E-state index in [0.717, 1.165) is 17.2 Å². The third kappa shape index (κ3) is 4.11. The van der Waals surface area contributed by atoms with Crippen LogP contribution in [0.3, 0.4) is 0 Å². The number of amides is 2. The highest BCUT2D eigenvalue weighted by Gasteiger charge is 2.29. The molecule has 2 unspecified atom stereocenters. The quantitative estimate of drug-likeness (QED) is 0.898. The Morgan fingerprint density at radius 2 is 2.42 bits per heavy atom. The van der Waals surface area contributed by atoms with Gasteiger partial charge in [-0.2, -0.15) is 11.8 Å². The number of thiazole rings is 1. The van der Waals surface area contributed by atoms with Crippen LogP contribution in [0.4, 0.5) is 4.79 Å². The fraction of sp³-hybridized carbons (Fsp3) is 0.692. The number of nitrogens with one attached hydrogen (secondary N) is 2. The molecule has 1 aromatic heterocycles. The van der Waals surface area contributed by atoms with Crippen LogP contribution in [0.5, 0.6) is 0 Å². The normalized spacial score (nSPS) is 24.2. The zero-order valence-electron chi connectivity index (χ0n) is 11.7. The Kier molecular flexibility index (Phi) is 4.73. The van der Waals surface area contributed by atoms with Crippen molar-refractivity contribution in [3.05, 3.63) is 16.1 Å². The van der Waals surface area contributed by atoms with Crippen molar-refractivity contribution in [1.82, 2.24) is 15.6 Å². The topological polar surface area (TPSA) is 54.0 Å². The van der Waals surface area contributed by atoms with Crippen molar-refractivity contribution in [3.63, 3.8) is 0 Å². The van der Waals surface area contributed by atoms with Gasteiger partial charge in [0.1, 0.15) is 5.01 Å². The first-order chi connectivity index (χ1) is 8.98. The third-order valence-corrected chi connectivity index (χ3v) is 5.96. The Labute approximate surface area is 122 Å². The van der Waals surface area contributed by atoms with Crippen LogP contribution in [0.1, 0.15) is 43.4 Å². The van der Waals surface area contributed by atoms with Crippen LogP contribution >= 0.6 is 23.1 Å². The van der Waals surface area contributed by atoms with Crippen molar-refractivity contribution < 1.29 is 4.79 Å². The number of thioether (sulfide) groups is 1. The standard InChI is InChI=1S/C13H21N3OS2/c1-9-7-18-11(15-9)10(2)16-12(17)14-8-13(3)5-4-6-19-13/h7,10H,4-6,8H2,1-3H3,(H2,14,16,17). The molecular formula is C13H21N3OS2. The summed E-state index contributed by atoms with van der Waals surface area (Å²) < 4.78 is 0.207. The smallest absolute Gasteiger partial charge is 0.315 e. The molecule has 2 N–H and O–H groups in total. The first-order valence-corrected chi connectivity index (χ1v) is 8.45. The molecule has 0 radical (unpaired) electrons. The summed E-state index contributed by atoms with van der Waals surface area (Å²) in [5.74, 6) is 1.20. The molecule has 2 atom stereocenters. The van der Waals surface area contributed by atoms with Crippen LogP contribution in [-0.4, -0.2) is 28.1 Å². The maximum atomic E-state index is 11.9. The van der Waals surface area contributed by atoms with Gasteiger partial charge in [0.25, 0.3) is 0 Å². The van der Waals surface area contributed by atoms with Gasteiger partial charge in [0, 0.05) is 22.4 Å². The van der Waals surface area contributed by atoms with E-state index in [-0.39, 0.29) is 16.8 Å². The maximum absolute atomic E-state index is 11.9. The lowest BCUT2D eigenvalue weighted by Crippen LogP contribution is -2.43. The van der Waals surface area contributed by atoms with Gasteiger partial charge in [-0.25, -0.2) is 9.78 Å². The van der Waals surface area contributed by atoms with Gasteiger partial charge in [-0.1, -0.05) is 0 Å². The Morgan fingerprint density at radius 1 is 1.63 bits per heavy atom. The van der Waals surface area contributed by atoms with E-state index in [9.17, 15) is 4.79 Å². The summed E-state index contributed by atoms with van der Waals surface area (Å²) in [7, 11) is 0. The predicted molar refractivity (Wildman–Crippen MR) is 81.9 cm³/mol. The van der Waals surface area contributed by atoms with Crippen molar-refractivity contribution in [3.8, 4) is 0 Å². The number of carbonyl (C=O) groups excluding carboxylic acids is 1. The summed E-state index contributed by atoms with van der Waals surface area (Å²) in [5.41, 5.74) is 1.00. The van der Waals surface area contributed by atoms with Gasteiger partial charge in [0.15, 0.2) is 0 Å². The summed E-state index contributed by atoms with van der Waals surface area (Å²) in [4.78, 5) is 16.3. The second-order valence-electron chi connectivity index (χ2n) is 5.28. The van der Waals surface area contributed by atoms with Crippen molar-refractivity contribution in [2.75, 3.05) is 12.3 Å². The average Bonchev–Trinajstić information content (AvgIpc) is 2.96. The zero-order valence-corrected chi connectivity index (χ0v) is 13.3. The molecule has 1 aliphatic rings. The van der Waals surface area contributed by atoms with Crippen molar-refractivity contribution in [1.29, 1.82) is 0 Å². The van der Waals surface area contributed by atoms with Crippen LogP contribution in [0, 0.1) is 6.92 Å². The molecule has 2 amide bonds. The average molecular weight is 299 g/mol. The molecule has 1 aliphatic heterocycles. The fourth-order valence-electron chi connectivity index (χ4n) is 2.12. The van der Waals surface area contributed by atoms with Gasteiger partial charge in [-0.3, -0.25) is 0 Å². The van der Waals surface area contributed by atoms with E-state index >= 15 is 0 Å². The van der Waals surface area contributed by atoms with E-state index in [2.05, 4.69) is 22.5 Å². The minimum atomic E-state index is -0.103. The minimum Gasteiger partial charge on any atom is -0.337 e. The van der Waals surface area contributed by atoms with Gasteiger partial charge in [0.05, 0.1) is 6.04 Å². The molecule has 0 aromatic carbocycles. The van der Waals surface area contributed by atoms with Crippen LogP contribution < -0.4 is 10.6 Å². The van der Waals surface area contributed by atoms with Crippen LogP contribution in [0.2, 0.25) is 0 Å². The largest absolute Gasteiger partial charge is 0.337 e. The number of nitrogens with zero attached hydrogens (tertiary/aromatic N) is 1. The Morgan fingerprint density at radius 3 is 3.00 bits per heavy atom. The number of urea groups is 1. The summed E-state index contributed by atoms with van der Waals surface area (Å²) in [6, 6.07) is -0.142. The zero-order chi connectivity index (χ0) is 13.9. The highest BCUT2D eigenvalue weighted by Crippen LogP contribution is 2.36. The molecule has 0 bridgehead atoms. The van der Waals surface area contributed by atoms with E-state index in [1.807, 2.05) is 31.0 Å². The summed E-state index contributed by atoms with van der Waals surface area (Å²) in [5, 5.41) is 8.87. The second-order valence-corrected chi connectivity index (χ2v) is 7.85. The van der Waals surface area contributed by atoms with Gasteiger partial charge < -0.3 is 10.6 Å². The molecule has 1 aromatic rings. The number of aryl methyl sites for hydroxylation is 1. The SMILES string of the molecule is Cc1csc(C(C)NC(=O)NCC2(C)CCCS2)n1. The third-order valence-electron chi connectivity index (χ3n) is 3.28. The molecule has 6 heteroatoms. The van der Waals surface area contributed by atoms with Gasteiger partial charge in [-0.05, 0) is 39.4 Å². The van der Waals surface area contributed by atoms with E-state index in [4.69, 9.17) is 0 Å². The van der Waals surface area contributed by atoms with Gasteiger partial charge in [-0.15, -0.1) is 11.3 Å². The van der Waals surface area contributed by atoms with Crippen molar-refractivity contribution >= 4 is 29.1 Å². The lowest BCUT2D eigenvalue weighted by Gasteiger charge is -2.23. The van der Waals surface area contributed by atoms with Crippen molar-refractivity contribution in [2.45, 2.75) is 44.4 Å². The van der Waals surface area contributed by atoms with Crippen molar-refractivity contribution in [2.24, 2.45) is 0 Å². The molecule has 19 heavy (non-hydrogen) atoms. The van der Waals surface area contributed by atoms with Crippen LogP contribution in [-0.2, 0) is 0 Å². The summed E-state index contributed by atoms with van der Waals surface area (Å²) in [6.07, 6.45) is 2.43. The second kappa shape index (κ2) is 6.13. The highest BCUT2D eigenvalue weighted by molar-refractivity contribution is 8.00. The first kappa shape index (κ1) is 14.7. The molecule has 4 nitrogen and oxygen atoms in total. The van der Waals surface area contributed by atoms with E-state index in [1.54, 1.807) is 11.3 Å². The lowest BCUT2D eigenvalue weighted by atomic mass is 10.1. The molecule has 1 fully saturated rings. The molecule has 106 valence electrons. The number of carbonyl (C=O) groups is 1.